The van der Waals surface area contributed by atoms with Crippen LogP contribution in [-0.2, 0) is 5.41 Å². The maximum Gasteiger partial charge on any atom is 0.151 e. The zero-order chi connectivity index (χ0) is 10.3. The molecule has 0 saturated heterocycles. The van der Waals surface area contributed by atoms with E-state index in [4.69, 9.17) is 0 Å². The Hall–Kier alpha value is -0.830. The SMILES string of the molecule is CC(C)(C)c1cn2cccc(Br)c2n1. The molecule has 0 aromatic carbocycles. The molecule has 0 aliphatic carbocycles. The van der Waals surface area contributed by atoms with E-state index in [1.807, 2.05) is 22.7 Å². The Kier molecular flexibility index (Phi) is 2.14. The van der Waals surface area contributed by atoms with Crippen LogP contribution in [0.15, 0.2) is 29.0 Å². The minimum atomic E-state index is 0.103. The number of imidazole rings is 1. The summed E-state index contributed by atoms with van der Waals surface area (Å²) < 4.78 is 3.08. The third-order valence-electron chi connectivity index (χ3n) is 2.20. The Morgan fingerprint density at radius 2 is 2.07 bits per heavy atom. The summed E-state index contributed by atoms with van der Waals surface area (Å²) in [5.41, 5.74) is 2.20. The van der Waals surface area contributed by atoms with Crippen LogP contribution in [0.5, 0.6) is 0 Å². The Morgan fingerprint density at radius 3 is 2.64 bits per heavy atom. The zero-order valence-electron chi connectivity index (χ0n) is 8.58. The van der Waals surface area contributed by atoms with Gasteiger partial charge in [-0.1, -0.05) is 20.8 Å². The largest absolute Gasteiger partial charge is 0.306 e. The molecule has 0 saturated carbocycles. The van der Waals surface area contributed by atoms with E-state index in [-0.39, 0.29) is 5.41 Å². The quantitative estimate of drug-likeness (QED) is 0.703. The molecule has 0 aliphatic rings. The molecule has 2 aromatic heterocycles. The number of hydrogen-bond acceptors (Lipinski definition) is 1. The van der Waals surface area contributed by atoms with Crippen molar-refractivity contribution in [3.05, 3.63) is 34.7 Å². The second-order valence-electron chi connectivity index (χ2n) is 4.46. The van der Waals surface area contributed by atoms with E-state index in [1.165, 1.54) is 0 Å². The molecule has 0 spiro atoms. The van der Waals surface area contributed by atoms with Crippen LogP contribution in [0.3, 0.4) is 0 Å². The van der Waals surface area contributed by atoms with Gasteiger partial charge >= 0.3 is 0 Å². The Morgan fingerprint density at radius 1 is 1.36 bits per heavy atom. The summed E-state index contributed by atoms with van der Waals surface area (Å²) in [4.78, 5) is 4.60. The highest BCUT2D eigenvalue weighted by Crippen LogP contribution is 2.24. The number of aromatic nitrogens is 2. The molecule has 0 fully saturated rings. The number of halogens is 1. The number of fused-ring (bicyclic) bond motifs is 1. The lowest BCUT2D eigenvalue weighted by Gasteiger charge is -2.13. The predicted octanol–water partition coefficient (Wildman–Crippen LogP) is 3.39. The first-order valence-corrected chi connectivity index (χ1v) is 5.41. The second-order valence-corrected chi connectivity index (χ2v) is 5.32. The fourth-order valence-corrected chi connectivity index (χ4v) is 1.79. The molecule has 14 heavy (non-hydrogen) atoms. The van der Waals surface area contributed by atoms with E-state index >= 15 is 0 Å². The smallest absolute Gasteiger partial charge is 0.151 e. The molecule has 0 unspecified atom stereocenters. The molecule has 0 atom stereocenters. The van der Waals surface area contributed by atoms with E-state index in [2.05, 4.69) is 47.9 Å². The molecular formula is C11H13BrN2. The van der Waals surface area contributed by atoms with Crippen molar-refractivity contribution < 1.29 is 0 Å². The molecule has 74 valence electrons. The normalized spacial score (nSPS) is 12.3. The number of hydrogen-bond donors (Lipinski definition) is 0. The summed E-state index contributed by atoms with van der Waals surface area (Å²) in [5.74, 6) is 0. The highest BCUT2D eigenvalue weighted by molar-refractivity contribution is 9.10. The van der Waals surface area contributed by atoms with Gasteiger partial charge in [0.15, 0.2) is 5.65 Å². The molecule has 0 radical (unpaired) electrons. The van der Waals surface area contributed by atoms with Crippen molar-refractivity contribution in [3.63, 3.8) is 0 Å². The Bertz CT molecular complexity index is 466. The van der Waals surface area contributed by atoms with Crippen molar-refractivity contribution >= 4 is 21.6 Å². The summed E-state index contributed by atoms with van der Waals surface area (Å²) in [7, 11) is 0. The predicted molar refractivity (Wildman–Crippen MR) is 61.6 cm³/mol. The maximum absolute atomic E-state index is 4.60. The van der Waals surface area contributed by atoms with Crippen LogP contribution in [-0.4, -0.2) is 9.38 Å². The van der Waals surface area contributed by atoms with Gasteiger partial charge in [-0.05, 0) is 28.1 Å². The first kappa shape index (κ1) is 9.71. The van der Waals surface area contributed by atoms with Gasteiger partial charge in [-0.25, -0.2) is 4.98 Å². The number of rotatable bonds is 0. The first-order chi connectivity index (χ1) is 6.48. The summed E-state index contributed by atoms with van der Waals surface area (Å²) in [6.07, 6.45) is 4.10. The van der Waals surface area contributed by atoms with Crippen LogP contribution in [0.2, 0.25) is 0 Å². The summed E-state index contributed by atoms with van der Waals surface area (Å²) in [5, 5.41) is 0. The van der Waals surface area contributed by atoms with Crippen LogP contribution in [0.1, 0.15) is 26.5 Å². The van der Waals surface area contributed by atoms with Crippen LogP contribution in [0, 0.1) is 0 Å². The van der Waals surface area contributed by atoms with E-state index in [9.17, 15) is 0 Å². The molecule has 3 heteroatoms. The highest BCUT2D eigenvalue weighted by atomic mass is 79.9. The molecule has 0 amide bonds. The van der Waals surface area contributed by atoms with Crippen LogP contribution in [0.25, 0.3) is 5.65 Å². The number of nitrogens with zero attached hydrogens (tertiary/aromatic N) is 2. The monoisotopic (exact) mass is 252 g/mol. The fourth-order valence-electron chi connectivity index (χ4n) is 1.34. The van der Waals surface area contributed by atoms with Crippen molar-refractivity contribution in [2.45, 2.75) is 26.2 Å². The summed E-state index contributed by atoms with van der Waals surface area (Å²) >= 11 is 3.49. The molecule has 2 aromatic rings. The van der Waals surface area contributed by atoms with Crippen LogP contribution in [0.4, 0.5) is 0 Å². The fraction of sp³-hybridized carbons (Fsp3) is 0.364. The van der Waals surface area contributed by atoms with Crippen LogP contribution < -0.4 is 0 Å². The van der Waals surface area contributed by atoms with Gasteiger partial charge in [-0.2, -0.15) is 0 Å². The summed E-state index contributed by atoms with van der Waals surface area (Å²) in [6, 6.07) is 4.01. The third kappa shape index (κ3) is 1.57. The third-order valence-corrected chi connectivity index (χ3v) is 2.82. The molecule has 0 N–H and O–H groups in total. The first-order valence-electron chi connectivity index (χ1n) is 4.62. The molecular weight excluding hydrogens is 240 g/mol. The molecule has 2 rings (SSSR count). The molecule has 2 nitrogen and oxygen atoms in total. The Labute approximate surface area is 92.1 Å². The molecule has 0 bridgehead atoms. The van der Waals surface area contributed by atoms with Crippen molar-refractivity contribution in [3.8, 4) is 0 Å². The highest BCUT2D eigenvalue weighted by Gasteiger charge is 2.17. The van der Waals surface area contributed by atoms with Crippen LogP contribution >= 0.6 is 15.9 Å². The average Bonchev–Trinajstić information content (AvgIpc) is 2.48. The van der Waals surface area contributed by atoms with Gasteiger partial charge in [0.05, 0.1) is 10.2 Å². The topological polar surface area (TPSA) is 17.3 Å². The zero-order valence-corrected chi connectivity index (χ0v) is 10.2. The number of pyridine rings is 1. The lowest BCUT2D eigenvalue weighted by molar-refractivity contribution is 0.573. The minimum absolute atomic E-state index is 0.103. The van der Waals surface area contributed by atoms with Gasteiger partial charge in [0.2, 0.25) is 0 Å². The van der Waals surface area contributed by atoms with E-state index in [0.717, 1.165) is 15.8 Å². The van der Waals surface area contributed by atoms with E-state index in [1.54, 1.807) is 0 Å². The summed E-state index contributed by atoms with van der Waals surface area (Å²) in [6.45, 7) is 6.51. The molecule has 2 heterocycles. The van der Waals surface area contributed by atoms with Gasteiger partial charge in [-0.15, -0.1) is 0 Å². The van der Waals surface area contributed by atoms with Gasteiger partial charge < -0.3 is 4.40 Å². The van der Waals surface area contributed by atoms with Gasteiger partial charge in [0.1, 0.15) is 0 Å². The molecule has 0 aliphatic heterocycles. The average molecular weight is 253 g/mol. The van der Waals surface area contributed by atoms with Crippen molar-refractivity contribution in [1.29, 1.82) is 0 Å². The lowest BCUT2D eigenvalue weighted by Crippen LogP contribution is -2.11. The van der Waals surface area contributed by atoms with Crippen molar-refractivity contribution in [2.24, 2.45) is 0 Å². The minimum Gasteiger partial charge on any atom is -0.306 e. The van der Waals surface area contributed by atoms with Gasteiger partial charge in [0, 0.05) is 17.8 Å². The maximum atomic E-state index is 4.60. The van der Waals surface area contributed by atoms with Crippen molar-refractivity contribution in [2.75, 3.05) is 0 Å². The van der Waals surface area contributed by atoms with E-state index in [0.29, 0.717) is 0 Å². The Balaban J connectivity index is 2.69. The lowest BCUT2D eigenvalue weighted by atomic mass is 9.93. The van der Waals surface area contributed by atoms with E-state index < -0.39 is 0 Å². The van der Waals surface area contributed by atoms with Crippen molar-refractivity contribution in [1.82, 2.24) is 9.38 Å². The van der Waals surface area contributed by atoms with Gasteiger partial charge in [0.25, 0.3) is 0 Å². The van der Waals surface area contributed by atoms with Gasteiger partial charge in [-0.3, -0.25) is 0 Å². The standard InChI is InChI=1S/C11H13BrN2/c1-11(2,3)9-7-14-6-4-5-8(12)10(14)13-9/h4-7H,1-3H3. The second kappa shape index (κ2) is 3.09.